The van der Waals surface area contributed by atoms with Crippen molar-refractivity contribution in [1.29, 1.82) is 0 Å². The molecule has 1 heterocycles. The fourth-order valence-corrected chi connectivity index (χ4v) is 2.55. The lowest BCUT2D eigenvalue weighted by Crippen LogP contribution is -2.08. The quantitative estimate of drug-likeness (QED) is 0.374. The Labute approximate surface area is 154 Å². The Bertz CT molecular complexity index is 982. The molecule has 0 aliphatic carbocycles. The molecule has 2 aromatic carbocycles. The normalized spacial score (nSPS) is 10.4. The largest absolute Gasteiger partial charge is 0.497 e. The zero-order chi connectivity index (χ0) is 19.4. The van der Waals surface area contributed by atoms with E-state index in [1.54, 1.807) is 44.4 Å². The standard InChI is InChI=1S/C18H16N4O5/c1-3-27-18(23)16-17(12-5-4-6-14(11-12)22(24)25)21(20-19-16)13-7-9-15(26-2)10-8-13/h4-11H,3H2,1-2H3. The number of aromatic nitrogens is 3. The van der Waals surface area contributed by atoms with Crippen molar-refractivity contribution in [2.24, 2.45) is 0 Å². The predicted octanol–water partition coefficient (Wildman–Crippen LogP) is 3.03. The van der Waals surface area contributed by atoms with E-state index in [1.165, 1.54) is 22.9 Å². The molecule has 0 bridgehead atoms. The second kappa shape index (κ2) is 7.65. The molecule has 0 saturated heterocycles. The summed E-state index contributed by atoms with van der Waals surface area (Å²) in [6.07, 6.45) is 0. The maximum absolute atomic E-state index is 12.3. The molecule has 0 radical (unpaired) electrons. The SMILES string of the molecule is CCOC(=O)c1nnn(-c2ccc(OC)cc2)c1-c1cccc([N+](=O)[O-])c1. The van der Waals surface area contributed by atoms with Gasteiger partial charge in [0.25, 0.3) is 5.69 Å². The molecular formula is C18H16N4O5. The number of benzene rings is 2. The van der Waals surface area contributed by atoms with Gasteiger partial charge in [-0.15, -0.1) is 5.10 Å². The second-order valence-electron chi connectivity index (χ2n) is 5.42. The summed E-state index contributed by atoms with van der Waals surface area (Å²) in [5, 5.41) is 19.1. The first kappa shape index (κ1) is 18.1. The number of nitro groups is 1. The number of nitro benzene ring substituents is 1. The van der Waals surface area contributed by atoms with Crippen LogP contribution in [0.3, 0.4) is 0 Å². The molecule has 27 heavy (non-hydrogen) atoms. The number of carbonyl (C=O) groups excluding carboxylic acids is 1. The second-order valence-corrected chi connectivity index (χ2v) is 5.42. The summed E-state index contributed by atoms with van der Waals surface area (Å²) in [4.78, 5) is 22.9. The summed E-state index contributed by atoms with van der Waals surface area (Å²) in [7, 11) is 1.55. The zero-order valence-corrected chi connectivity index (χ0v) is 14.7. The third-order valence-corrected chi connectivity index (χ3v) is 3.79. The van der Waals surface area contributed by atoms with Crippen LogP contribution in [0.15, 0.2) is 48.5 Å². The van der Waals surface area contributed by atoms with Gasteiger partial charge in [0.1, 0.15) is 11.4 Å². The molecule has 0 atom stereocenters. The third-order valence-electron chi connectivity index (χ3n) is 3.79. The molecule has 9 heteroatoms. The minimum absolute atomic E-state index is 0.0202. The number of ether oxygens (including phenoxy) is 2. The number of hydrogen-bond acceptors (Lipinski definition) is 7. The molecule has 1 aromatic heterocycles. The Hall–Kier alpha value is -3.75. The topological polar surface area (TPSA) is 109 Å². The lowest BCUT2D eigenvalue weighted by molar-refractivity contribution is -0.384. The van der Waals surface area contributed by atoms with E-state index >= 15 is 0 Å². The molecule has 138 valence electrons. The Balaban J connectivity index is 2.18. The smallest absolute Gasteiger partial charge is 0.361 e. The van der Waals surface area contributed by atoms with Crippen LogP contribution >= 0.6 is 0 Å². The van der Waals surface area contributed by atoms with Gasteiger partial charge < -0.3 is 9.47 Å². The lowest BCUT2D eigenvalue weighted by Gasteiger charge is -2.09. The van der Waals surface area contributed by atoms with Crippen LogP contribution in [0.2, 0.25) is 0 Å². The highest BCUT2D eigenvalue weighted by atomic mass is 16.6. The fourth-order valence-electron chi connectivity index (χ4n) is 2.55. The highest BCUT2D eigenvalue weighted by Crippen LogP contribution is 2.29. The Morgan fingerprint density at radius 1 is 1.22 bits per heavy atom. The molecule has 9 nitrogen and oxygen atoms in total. The van der Waals surface area contributed by atoms with Crippen LogP contribution in [0.5, 0.6) is 5.75 Å². The molecule has 0 unspecified atom stereocenters. The lowest BCUT2D eigenvalue weighted by atomic mass is 10.1. The number of rotatable bonds is 6. The highest BCUT2D eigenvalue weighted by molar-refractivity contribution is 5.94. The average Bonchev–Trinajstić information content (AvgIpc) is 3.13. The van der Waals surface area contributed by atoms with Gasteiger partial charge in [-0.1, -0.05) is 17.3 Å². The van der Waals surface area contributed by atoms with E-state index in [2.05, 4.69) is 10.3 Å². The summed E-state index contributed by atoms with van der Waals surface area (Å²) >= 11 is 0. The molecule has 0 N–H and O–H groups in total. The first-order chi connectivity index (χ1) is 13.0. The van der Waals surface area contributed by atoms with Crippen LogP contribution < -0.4 is 4.74 Å². The maximum atomic E-state index is 12.3. The molecule has 3 rings (SSSR count). The first-order valence-corrected chi connectivity index (χ1v) is 8.07. The number of hydrogen-bond donors (Lipinski definition) is 0. The molecule has 3 aromatic rings. The number of carbonyl (C=O) groups is 1. The van der Waals surface area contributed by atoms with Crippen molar-refractivity contribution < 1.29 is 19.2 Å². The Morgan fingerprint density at radius 2 is 1.96 bits per heavy atom. The van der Waals surface area contributed by atoms with E-state index in [0.29, 0.717) is 22.7 Å². The highest BCUT2D eigenvalue weighted by Gasteiger charge is 2.24. The van der Waals surface area contributed by atoms with Gasteiger partial charge in [0.05, 0.1) is 24.3 Å². The van der Waals surface area contributed by atoms with Crippen molar-refractivity contribution in [3.8, 4) is 22.7 Å². The van der Waals surface area contributed by atoms with E-state index in [9.17, 15) is 14.9 Å². The van der Waals surface area contributed by atoms with Gasteiger partial charge in [-0.2, -0.15) is 0 Å². The molecule has 0 amide bonds. The van der Waals surface area contributed by atoms with Crippen LogP contribution in [0.4, 0.5) is 5.69 Å². The van der Waals surface area contributed by atoms with Crippen molar-refractivity contribution in [3.05, 3.63) is 64.3 Å². The third kappa shape index (κ3) is 3.61. The van der Waals surface area contributed by atoms with Gasteiger partial charge in [-0.05, 0) is 31.2 Å². The summed E-state index contributed by atoms with van der Waals surface area (Å²) in [5.74, 6) is 0.000137. The average molecular weight is 368 g/mol. The first-order valence-electron chi connectivity index (χ1n) is 8.07. The molecular weight excluding hydrogens is 352 g/mol. The van der Waals surface area contributed by atoms with Crippen molar-refractivity contribution in [3.63, 3.8) is 0 Å². The molecule has 0 aliphatic rings. The van der Waals surface area contributed by atoms with Crippen LogP contribution in [0.25, 0.3) is 16.9 Å². The predicted molar refractivity (Wildman–Crippen MR) is 96.0 cm³/mol. The van der Waals surface area contributed by atoms with Gasteiger partial charge in [0, 0.05) is 17.7 Å². The molecule has 0 spiro atoms. The van der Waals surface area contributed by atoms with E-state index in [0.717, 1.165) is 0 Å². The Morgan fingerprint density at radius 3 is 2.59 bits per heavy atom. The fraction of sp³-hybridized carbons (Fsp3) is 0.167. The van der Waals surface area contributed by atoms with Crippen molar-refractivity contribution in [2.75, 3.05) is 13.7 Å². The van der Waals surface area contributed by atoms with Crippen molar-refractivity contribution in [2.45, 2.75) is 6.92 Å². The van der Waals surface area contributed by atoms with E-state index in [-0.39, 0.29) is 18.0 Å². The van der Waals surface area contributed by atoms with Crippen LogP contribution in [0, 0.1) is 10.1 Å². The minimum atomic E-state index is -0.654. The minimum Gasteiger partial charge on any atom is -0.497 e. The van der Waals surface area contributed by atoms with Gasteiger partial charge >= 0.3 is 5.97 Å². The summed E-state index contributed by atoms with van der Waals surface area (Å²) < 4.78 is 11.6. The van der Waals surface area contributed by atoms with E-state index in [1.807, 2.05) is 0 Å². The van der Waals surface area contributed by atoms with Crippen LogP contribution in [0.1, 0.15) is 17.4 Å². The molecule has 0 aliphatic heterocycles. The van der Waals surface area contributed by atoms with Gasteiger partial charge in [-0.3, -0.25) is 10.1 Å². The number of esters is 1. The molecule has 0 saturated carbocycles. The monoisotopic (exact) mass is 368 g/mol. The summed E-state index contributed by atoms with van der Waals surface area (Å²) in [6, 6.07) is 12.9. The number of nitrogens with zero attached hydrogens (tertiary/aromatic N) is 4. The van der Waals surface area contributed by atoms with Crippen molar-refractivity contribution in [1.82, 2.24) is 15.0 Å². The summed E-state index contributed by atoms with van der Waals surface area (Å²) in [6.45, 7) is 1.85. The van der Waals surface area contributed by atoms with Gasteiger partial charge in [0.2, 0.25) is 0 Å². The van der Waals surface area contributed by atoms with Crippen LogP contribution in [-0.2, 0) is 4.74 Å². The number of non-ortho nitro benzene ring substituents is 1. The van der Waals surface area contributed by atoms with E-state index in [4.69, 9.17) is 9.47 Å². The molecule has 0 fully saturated rings. The van der Waals surface area contributed by atoms with Gasteiger partial charge in [-0.25, -0.2) is 9.48 Å². The van der Waals surface area contributed by atoms with Crippen LogP contribution in [-0.4, -0.2) is 39.6 Å². The maximum Gasteiger partial charge on any atom is 0.361 e. The Kier molecular flexibility index (Phi) is 5.11. The number of methoxy groups -OCH3 is 1. The summed E-state index contributed by atoms with van der Waals surface area (Å²) in [5.41, 5.74) is 1.22. The van der Waals surface area contributed by atoms with Gasteiger partial charge in [0.15, 0.2) is 5.69 Å². The zero-order valence-electron chi connectivity index (χ0n) is 14.7. The van der Waals surface area contributed by atoms with E-state index < -0.39 is 10.9 Å². The van der Waals surface area contributed by atoms with Crippen molar-refractivity contribution >= 4 is 11.7 Å².